The predicted molar refractivity (Wildman–Crippen MR) is 44.9 cm³/mol. The molecule has 1 nitrogen and oxygen atoms in total. The lowest BCUT2D eigenvalue weighted by Gasteiger charge is -2.35. The van der Waals surface area contributed by atoms with Gasteiger partial charge in [-0.3, -0.25) is 0 Å². The van der Waals surface area contributed by atoms with Gasteiger partial charge < -0.3 is 5.11 Å². The Hall–Kier alpha value is -0.0400. The van der Waals surface area contributed by atoms with Crippen LogP contribution in [0.3, 0.4) is 0 Å². The summed E-state index contributed by atoms with van der Waals surface area (Å²) in [5.41, 5.74) is 0.0972. The number of aliphatic hydroxyl groups excluding tert-OH is 1. The van der Waals surface area contributed by atoms with Crippen LogP contribution in [0.25, 0.3) is 0 Å². The minimum Gasteiger partial charge on any atom is -0.393 e. The fraction of sp³-hybridized carbons (Fsp3) is 1.00. The molecule has 2 atom stereocenters. The first kappa shape index (κ1) is 9.96. The Morgan fingerprint density at radius 2 is 1.70 bits per heavy atom. The van der Waals surface area contributed by atoms with Crippen LogP contribution in [0.15, 0.2) is 0 Å². The molecule has 0 heterocycles. The minimum absolute atomic E-state index is 0.0972. The summed E-state index contributed by atoms with van der Waals surface area (Å²) in [6.07, 6.45) is 0.847. The zero-order valence-electron chi connectivity index (χ0n) is 7.81. The third-order valence-corrected chi connectivity index (χ3v) is 3.04. The van der Waals surface area contributed by atoms with Crippen molar-refractivity contribution in [2.45, 2.75) is 47.1 Å². The summed E-state index contributed by atoms with van der Waals surface area (Å²) in [4.78, 5) is 0. The molecule has 0 fully saturated rings. The van der Waals surface area contributed by atoms with Gasteiger partial charge >= 0.3 is 0 Å². The number of rotatable bonds is 3. The molecule has 0 spiro atoms. The van der Waals surface area contributed by atoms with Crippen molar-refractivity contribution >= 4 is 0 Å². The van der Waals surface area contributed by atoms with Crippen LogP contribution in [0.4, 0.5) is 0 Å². The lowest BCUT2D eigenvalue weighted by atomic mass is 9.73. The summed E-state index contributed by atoms with van der Waals surface area (Å²) in [5, 5.41) is 9.44. The van der Waals surface area contributed by atoms with Gasteiger partial charge in [-0.15, -0.1) is 0 Å². The Balaban J connectivity index is 4.23. The maximum absolute atomic E-state index is 9.44. The average Bonchev–Trinajstić information content (AvgIpc) is 1.85. The Kier molecular flexibility index (Phi) is 3.37. The van der Waals surface area contributed by atoms with E-state index in [2.05, 4.69) is 27.7 Å². The molecule has 0 aliphatic carbocycles. The lowest BCUT2D eigenvalue weighted by Crippen LogP contribution is -2.34. The zero-order chi connectivity index (χ0) is 8.36. The van der Waals surface area contributed by atoms with Crippen LogP contribution < -0.4 is 0 Å². The quantitative estimate of drug-likeness (QED) is 0.645. The Bertz CT molecular complexity index is 86.9. The molecule has 1 N–H and O–H groups in total. The molecule has 0 rings (SSSR count). The summed E-state index contributed by atoms with van der Waals surface area (Å²) < 4.78 is 0. The molecule has 0 saturated carbocycles. The molecule has 0 amide bonds. The first-order chi connectivity index (χ1) is 4.45. The van der Waals surface area contributed by atoms with Gasteiger partial charge in [0, 0.05) is 0 Å². The van der Waals surface area contributed by atoms with E-state index in [0.29, 0.717) is 5.92 Å². The molecule has 0 aromatic rings. The second-order valence-corrected chi connectivity index (χ2v) is 3.69. The van der Waals surface area contributed by atoms with Gasteiger partial charge in [0.05, 0.1) is 6.10 Å². The lowest BCUT2D eigenvalue weighted by molar-refractivity contribution is 0.0136. The smallest absolute Gasteiger partial charge is 0.0568 e. The van der Waals surface area contributed by atoms with Crippen molar-refractivity contribution in [1.82, 2.24) is 0 Å². The van der Waals surface area contributed by atoms with E-state index in [1.165, 1.54) is 0 Å². The highest BCUT2D eigenvalue weighted by Gasteiger charge is 2.31. The maximum Gasteiger partial charge on any atom is 0.0568 e. The van der Waals surface area contributed by atoms with E-state index in [1.807, 2.05) is 6.92 Å². The van der Waals surface area contributed by atoms with Crippen molar-refractivity contribution < 1.29 is 5.11 Å². The van der Waals surface area contributed by atoms with Gasteiger partial charge in [-0.05, 0) is 24.7 Å². The summed E-state index contributed by atoms with van der Waals surface area (Å²) in [5.74, 6) is 0.553. The monoisotopic (exact) mass is 144 g/mol. The Morgan fingerprint density at radius 1 is 1.30 bits per heavy atom. The highest BCUT2D eigenvalue weighted by atomic mass is 16.3. The third kappa shape index (κ3) is 1.72. The van der Waals surface area contributed by atoms with Gasteiger partial charge in [0.15, 0.2) is 0 Å². The molecule has 0 radical (unpaired) electrons. The van der Waals surface area contributed by atoms with Gasteiger partial charge in [-0.2, -0.15) is 0 Å². The van der Waals surface area contributed by atoms with E-state index in [0.717, 1.165) is 6.42 Å². The number of hydrogen-bond acceptors (Lipinski definition) is 1. The average molecular weight is 144 g/mol. The van der Waals surface area contributed by atoms with E-state index < -0.39 is 0 Å². The van der Waals surface area contributed by atoms with Crippen molar-refractivity contribution in [2.75, 3.05) is 0 Å². The molecule has 0 aromatic heterocycles. The van der Waals surface area contributed by atoms with E-state index in [-0.39, 0.29) is 11.5 Å². The molecular weight excluding hydrogens is 124 g/mol. The number of aliphatic hydroxyl groups is 1. The molecule has 10 heavy (non-hydrogen) atoms. The second-order valence-electron chi connectivity index (χ2n) is 3.69. The molecule has 2 unspecified atom stereocenters. The molecular formula is C9H20O. The SMILES string of the molecule is CCC(C)(C(C)C)C(C)O. The standard InChI is InChI=1S/C9H20O/c1-6-9(5,7(2)3)8(4)10/h7-8,10H,6H2,1-5H3. The Morgan fingerprint density at radius 3 is 1.70 bits per heavy atom. The van der Waals surface area contributed by atoms with Gasteiger partial charge in [0.25, 0.3) is 0 Å². The number of hydrogen-bond donors (Lipinski definition) is 1. The van der Waals surface area contributed by atoms with E-state index in [9.17, 15) is 5.11 Å². The molecule has 1 heteroatoms. The van der Waals surface area contributed by atoms with Crippen molar-refractivity contribution in [1.29, 1.82) is 0 Å². The fourth-order valence-corrected chi connectivity index (χ4v) is 1.19. The summed E-state index contributed by atoms with van der Waals surface area (Å²) in [7, 11) is 0. The van der Waals surface area contributed by atoms with E-state index >= 15 is 0 Å². The summed E-state index contributed by atoms with van der Waals surface area (Å²) >= 11 is 0. The minimum atomic E-state index is -0.197. The highest BCUT2D eigenvalue weighted by Crippen LogP contribution is 2.34. The van der Waals surface area contributed by atoms with E-state index in [1.54, 1.807) is 0 Å². The van der Waals surface area contributed by atoms with Crippen LogP contribution in [0.5, 0.6) is 0 Å². The van der Waals surface area contributed by atoms with Crippen LogP contribution in [-0.4, -0.2) is 11.2 Å². The maximum atomic E-state index is 9.44. The first-order valence-corrected chi connectivity index (χ1v) is 4.13. The Labute approximate surface area is 64.5 Å². The second kappa shape index (κ2) is 3.38. The van der Waals surface area contributed by atoms with Gasteiger partial charge in [-0.1, -0.05) is 27.7 Å². The summed E-state index contributed by atoms with van der Waals surface area (Å²) in [6.45, 7) is 10.5. The van der Waals surface area contributed by atoms with Crippen molar-refractivity contribution in [3.8, 4) is 0 Å². The molecule has 0 aliphatic heterocycles. The highest BCUT2D eigenvalue weighted by molar-refractivity contribution is 4.80. The molecule has 62 valence electrons. The molecule has 0 bridgehead atoms. The van der Waals surface area contributed by atoms with Crippen LogP contribution in [0.1, 0.15) is 41.0 Å². The molecule has 0 saturated heterocycles. The topological polar surface area (TPSA) is 20.2 Å². The van der Waals surface area contributed by atoms with Crippen LogP contribution in [0, 0.1) is 11.3 Å². The van der Waals surface area contributed by atoms with Gasteiger partial charge in [-0.25, -0.2) is 0 Å². The van der Waals surface area contributed by atoms with Crippen LogP contribution in [0.2, 0.25) is 0 Å². The van der Waals surface area contributed by atoms with Crippen molar-refractivity contribution in [3.05, 3.63) is 0 Å². The fourth-order valence-electron chi connectivity index (χ4n) is 1.19. The largest absolute Gasteiger partial charge is 0.393 e. The predicted octanol–water partition coefficient (Wildman–Crippen LogP) is 2.44. The normalized spacial score (nSPS) is 20.7. The zero-order valence-corrected chi connectivity index (χ0v) is 7.81. The van der Waals surface area contributed by atoms with Crippen molar-refractivity contribution in [3.63, 3.8) is 0 Å². The van der Waals surface area contributed by atoms with E-state index in [4.69, 9.17) is 0 Å². The third-order valence-electron chi connectivity index (χ3n) is 3.04. The van der Waals surface area contributed by atoms with Gasteiger partial charge in [0.1, 0.15) is 0 Å². The van der Waals surface area contributed by atoms with Gasteiger partial charge in [0.2, 0.25) is 0 Å². The van der Waals surface area contributed by atoms with Crippen molar-refractivity contribution in [2.24, 2.45) is 11.3 Å². The first-order valence-electron chi connectivity index (χ1n) is 4.13. The molecule has 0 aromatic carbocycles. The summed E-state index contributed by atoms with van der Waals surface area (Å²) in [6, 6.07) is 0. The van der Waals surface area contributed by atoms with Crippen LogP contribution >= 0.6 is 0 Å². The molecule has 0 aliphatic rings. The van der Waals surface area contributed by atoms with Crippen LogP contribution in [-0.2, 0) is 0 Å².